The van der Waals surface area contributed by atoms with Gasteiger partial charge in [0.15, 0.2) is 0 Å². The molecule has 0 spiro atoms. The van der Waals surface area contributed by atoms with Crippen molar-refractivity contribution in [3.63, 3.8) is 0 Å². The van der Waals surface area contributed by atoms with Crippen molar-refractivity contribution in [2.75, 3.05) is 12.5 Å². The molecule has 4 aromatic carbocycles. The van der Waals surface area contributed by atoms with E-state index in [1.807, 2.05) is 36.8 Å². The van der Waals surface area contributed by atoms with Gasteiger partial charge in [0.2, 0.25) is 0 Å². The van der Waals surface area contributed by atoms with E-state index >= 15 is 0 Å². The van der Waals surface area contributed by atoms with Crippen LogP contribution in [-0.2, 0) is 15.0 Å². The summed E-state index contributed by atoms with van der Waals surface area (Å²) in [6, 6.07) is 28.4. The predicted octanol–water partition coefficient (Wildman–Crippen LogP) is 7.68. The van der Waals surface area contributed by atoms with Crippen LogP contribution in [0.2, 0.25) is 0 Å². The van der Waals surface area contributed by atoms with E-state index in [1.54, 1.807) is 35.7 Å². The monoisotopic (exact) mass is 550 g/mol. The Kier molecular flexibility index (Phi) is 7.51. The molecule has 0 amide bonds. The lowest BCUT2D eigenvalue weighted by atomic mass is 9.67. The Morgan fingerprint density at radius 2 is 1.03 bits per heavy atom. The average molecular weight is 551 g/mol. The fraction of sp³-hybridized carbons (Fsp3) is 0.0909. The summed E-state index contributed by atoms with van der Waals surface area (Å²) in [4.78, 5) is 26.5. The van der Waals surface area contributed by atoms with Gasteiger partial charge < -0.3 is 9.47 Å². The topological polar surface area (TPSA) is 52.6 Å². The van der Waals surface area contributed by atoms with E-state index in [1.165, 1.54) is 0 Å². The Morgan fingerprint density at radius 3 is 1.36 bits per heavy atom. The molecule has 39 heavy (non-hydrogen) atoms. The van der Waals surface area contributed by atoms with E-state index in [-0.39, 0.29) is 0 Å². The highest BCUT2D eigenvalue weighted by atomic mass is 32.2. The molecule has 0 saturated carbocycles. The third-order valence-electron chi connectivity index (χ3n) is 6.90. The fourth-order valence-corrected chi connectivity index (χ4v) is 6.01. The summed E-state index contributed by atoms with van der Waals surface area (Å²) in [5.41, 5.74) is 5.25. The van der Waals surface area contributed by atoms with E-state index in [2.05, 4.69) is 61.7 Å². The molecular weight excluding hydrogens is 524 g/mol. The lowest BCUT2D eigenvalue weighted by Gasteiger charge is -2.34. The second-order valence-electron chi connectivity index (χ2n) is 8.87. The maximum absolute atomic E-state index is 12.1. The molecule has 0 bridgehead atoms. The normalized spacial score (nSPS) is 12.7. The minimum atomic E-state index is -0.772. The van der Waals surface area contributed by atoms with Crippen LogP contribution in [0.5, 0.6) is 11.5 Å². The van der Waals surface area contributed by atoms with Gasteiger partial charge in [0.1, 0.15) is 11.5 Å². The third-order valence-corrected chi connectivity index (χ3v) is 8.38. The average Bonchev–Trinajstić information content (AvgIpc) is 3.26. The molecule has 0 radical (unpaired) electrons. The molecule has 0 unspecified atom stereocenters. The quantitative estimate of drug-likeness (QED) is 0.0855. The SMILES string of the molecule is C=CC(=O)Oc1ccc2c(c1)C(c1ccc(SC)cc1)(c1ccc(SC)cc1)c1cc(OC(=O)C=C)ccc1-2. The van der Waals surface area contributed by atoms with Crippen molar-refractivity contribution >= 4 is 35.5 Å². The van der Waals surface area contributed by atoms with Gasteiger partial charge in [-0.25, -0.2) is 9.59 Å². The first-order chi connectivity index (χ1) is 18.9. The number of carbonyl (C=O) groups excluding carboxylic acids is 2. The number of benzene rings is 4. The number of carbonyl (C=O) groups is 2. The van der Waals surface area contributed by atoms with Gasteiger partial charge >= 0.3 is 11.9 Å². The molecule has 1 aliphatic carbocycles. The minimum absolute atomic E-state index is 0.426. The highest BCUT2D eigenvalue weighted by molar-refractivity contribution is 7.98. The minimum Gasteiger partial charge on any atom is -0.423 e. The summed E-state index contributed by atoms with van der Waals surface area (Å²) >= 11 is 3.36. The van der Waals surface area contributed by atoms with Gasteiger partial charge in [-0.15, -0.1) is 23.5 Å². The van der Waals surface area contributed by atoms with Gasteiger partial charge in [0.05, 0.1) is 5.41 Å². The predicted molar refractivity (Wildman–Crippen MR) is 159 cm³/mol. The molecule has 0 aromatic heterocycles. The molecule has 0 atom stereocenters. The summed E-state index contributed by atoms with van der Waals surface area (Å²) in [7, 11) is 0. The molecule has 4 nitrogen and oxygen atoms in total. The van der Waals surface area contributed by atoms with Gasteiger partial charge in [-0.2, -0.15) is 0 Å². The number of ether oxygens (including phenoxy) is 2. The molecule has 0 N–H and O–H groups in total. The van der Waals surface area contributed by atoms with Gasteiger partial charge in [-0.1, -0.05) is 49.6 Å². The van der Waals surface area contributed by atoms with E-state index in [9.17, 15) is 9.59 Å². The smallest absolute Gasteiger partial charge is 0.335 e. The van der Waals surface area contributed by atoms with Crippen LogP contribution < -0.4 is 9.47 Å². The number of esters is 2. The standard InChI is InChI=1S/C33H26O4S2/c1-5-31(34)36-23-11-17-27-28-18-12-24(37-32(35)6-2)20-30(28)33(29(27)19-23,21-7-13-25(38-3)14-8-21)22-9-15-26(39-4)16-10-22/h5-20H,1-2H2,3-4H3. The molecule has 194 valence electrons. The number of fused-ring (bicyclic) bond motifs is 3. The summed E-state index contributed by atoms with van der Waals surface area (Å²) in [5, 5.41) is 0. The van der Waals surface area contributed by atoms with Crippen LogP contribution in [0.1, 0.15) is 22.3 Å². The zero-order chi connectivity index (χ0) is 27.6. The van der Waals surface area contributed by atoms with Crippen LogP contribution in [0.4, 0.5) is 0 Å². The van der Waals surface area contributed by atoms with Gasteiger partial charge in [-0.3, -0.25) is 0 Å². The van der Waals surface area contributed by atoms with Gasteiger partial charge in [0.25, 0.3) is 0 Å². The van der Waals surface area contributed by atoms with Gasteiger partial charge in [-0.05, 0) is 94.4 Å². The van der Waals surface area contributed by atoms with Crippen LogP contribution in [0.3, 0.4) is 0 Å². The summed E-state index contributed by atoms with van der Waals surface area (Å²) in [6.45, 7) is 7.06. The van der Waals surface area contributed by atoms with Crippen molar-refractivity contribution in [3.05, 3.63) is 132 Å². The lowest BCUT2D eigenvalue weighted by molar-refractivity contribution is -0.129. The first-order valence-electron chi connectivity index (χ1n) is 12.2. The van der Waals surface area contributed by atoms with Crippen molar-refractivity contribution in [1.82, 2.24) is 0 Å². The molecule has 0 heterocycles. The van der Waals surface area contributed by atoms with Crippen molar-refractivity contribution in [2.45, 2.75) is 15.2 Å². The van der Waals surface area contributed by atoms with Crippen molar-refractivity contribution < 1.29 is 19.1 Å². The second-order valence-corrected chi connectivity index (χ2v) is 10.6. The Labute approximate surface area is 236 Å². The van der Waals surface area contributed by atoms with E-state index in [0.29, 0.717) is 11.5 Å². The molecule has 0 aliphatic heterocycles. The number of hydrogen-bond acceptors (Lipinski definition) is 6. The van der Waals surface area contributed by atoms with Crippen molar-refractivity contribution in [3.8, 4) is 22.6 Å². The summed E-state index contributed by atoms with van der Waals surface area (Å²) < 4.78 is 11.1. The first kappa shape index (κ1) is 26.6. The Hall–Kier alpha value is -4.00. The second kappa shape index (κ2) is 11.0. The van der Waals surface area contributed by atoms with Crippen LogP contribution >= 0.6 is 23.5 Å². The molecule has 0 saturated heterocycles. The van der Waals surface area contributed by atoms with Crippen LogP contribution in [-0.4, -0.2) is 24.5 Å². The number of thioether (sulfide) groups is 2. The summed E-state index contributed by atoms with van der Waals surface area (Å²) in [5.74, 6) is -0.196. The van der Waals surface area contributed by atoms with Crippen molar-refractivity contribution in [2.24, 2.45) is 0 Å². The Morgan fingerprint density at radius 1 is 0.641 bits per heavy atom. The molecule has 5 rings (SSSR count). The Bertz CT molecular complexity index is 1470. The highest BCUT2D eigenvalue weighted by Crippen LogP contribution is 2.57. The molecule has 1 aliphatic rings. The van der Waals surface area contributed by atoms with Crippen LogP contribution in [0.25, 0.3) is 11.1 Å². The van der Waals surface area contributed by atoms with E-state index in [4.69, 9.17) is 9.47 Å². The molecular formula is C33H26O4S2. The van der Waals surface area contributed by atoms with Crippen molar-refractivity contribution in [1.29, 1.82) is 0 Å². The highest BCUT2D eigenvalue weighted by Gasteiger charge is 2.46. The summed E-state index contributed by atoms with van der Waals surface area (Å²) in [6.07, 6.45) is 6.40. The van der Waals surface area contributed by atoms with E-state index < -0.39 is 17.4 Å². The maximum Gasteiger partial charge on any atom is 0.335 e. The number of hydrogen-bond donors (Lipinski definition) is 0. The molecule has 0 fully saturated rings. The fourth-order valence-electron chi connectivity index (χ4n) is 5.20. The molecule has 6 heteroatoms. The zero-order valence-electron chi connectivity index (χ0n) is 21.6. The Balaban J connectivity index is 1.86. The first-order valence-corrected chi connectivity index (χ1v) is 14.7. The largest absolute Gasteiger partial charge is 0.423 e. The number of rotatable bonds is 8. The third kappa shape index (κ3) is 4.71. The maximum atomic E-state index is 12.1. The molecule has 4 aromatic rings. The lowest BCUT2D eigenvalue weighted by Crippen LogP contribution is -2.28. The van der Waals surface area contributed by atoms with Crippen LogP contribution in [0, 0.1) is 0 Å². The van der Waals surface area contributed by atoms with E-state index in [0.717, 1.165) is 55.3 Å². The van der Waals surface area contributed by atoms with Crippen LogP contribution in [0.15, 0.2) is 120 Å². The zero-order valence-corrected chi connectivity index (χ0v) is 23.2. The van der Waals surface area contributed by atoms with Gasteiger partial charge in [0, 0.05) is 21.9 Å².